The summed E-state index contributed by atoms with van der Waals surface area (Å²) in [7, 11) is 0. The number of anilines is 1. The Morgan fingerprint density at radius 2 is 1.88 bits per heavy atom. The molecule has 1 aromatic carbocycles. The van der Waals surface area contributed by atoms with Gasteiger partial charge in [-0.15, -0.1) is 11.3 Å². The SMILES string of the molecule is CC(C)c1ccc(C(=O)Nc2sccc2C(=O)N2CC(O)C2)cc1. The van der Waals surface area contributed by atoms with Gasteiger partial charge in [0, 0.05) is 18.7 Å². The molecule has 0 bridgehead atoms. The molecule has 5 nitrogen and oxygen atoms in total. The number of hydrogen-bond acceptors (Lipinski definition) is 4. The maximum absolute atomic E-state index is 12.4. The summed E-state index contributed by atoms with van der Waals surface area (Å²) >= 11 is 1.32. The maximum Gasteiger partial charge on any atom is 0.257 e. The molecular formula is C18H20N2O3S. The molecule has 2 heterocycles. The average Bonchev–Trinajstić information content (AvgIpc) is 2.99. The minimum Gasteiger partial charge on any atom is -0.389 e. The Morgan fingerprint density at radius 1 is 1.21 bits per heavy atom. The third kappa shape index (κ3) is 3.34. The van der Waals surface area contributed by atoms with Gasteiger partial charge in [-0.2, -0.15) is 0 Å². The Hall–Kier alpha value is -2.18. The Bertz CT molecular complexity index is 746. The highest BCUT2D eigenvalue weighted by Crippen LogP contribution is 2.27. The van der Waals surface area contributed by atoms with Crippen molar-refractivity contribution in [3.05, 3.63) is 52.4 Å². The van der Waals surface area contributed by atoms with Crippen molar-refractivity contribution in [2.75, 3.05) is 18.4 Å². The van der Waals surface area contributed by atoms with Crippen LogP contribution in [0.3, 0.4) is 0 Å². The monoisotopic (exact) mass is 344 g/mol. The van der Waals surface area contributed by atoms with E-state index in [4.69, 9.17) is 0 Å². The van der Waals surface area contributed by atoms with Crippen molar-refractivity contribution in [2.24, 2.45) is 0 Å². The molecule has 2 aromatic rings. The molecule has 1 aromatic heterocycles. The van der Waals surface area contributed by atoms with Crippen molar-refractivity contribution in [3.63, 3.8) is 0 Å². The number of thiophene rings is 1. The van der Waals surface area contributed by atoms with Gasteiger partial charge < -0.3 is 15.3 Å². The number of hydrogen-bond donors (Lipinski definition) is 2. The van der Waals surface area contributed by atoms with E-state index in [2.05, 4.69) is 19.2 Å². The Balaban J connectivity index is 1.71. The lowest BCUT2D eigenvalue weighted by atomic mass is 10.0. The van der Waals surface area contributed by atoms with Gasteiger partial charge in [0.05, 0.1) is 11.7 Å². The van der Waals surface area contributed by atoms with E-state index >= 15 is 0 Å². The van der Waals surface area contributed by atoms with Crippen LogP contribution in [0.25, 0.3) is 0 Å². The molecule has 0 aliphatic carbocycles. The number of likely N-dealkylation sites (tertiary alicyclic amines) is 1. The number of aliphatic hydroxyl groups excluding tert-OH is 1. The first-order valence-corrected chi connectivity index (χ1v) is 8.80. The van der Waals surface area contributed by atoms with Crippen LogP contribution < -0.4 is 5.32 Å². The van der Waals surface area contributed by atoms with Gasteiger partial charge in [0.15, 0.2) is 0 Å². The van der Waals surface area contributed by atoms with Gasteiger partial charge in [0.25, 0.3) is 11.8 Å². The minimum atomic E-state index is -0.440. The highest BCUT2D eigenvalue weighted by atomic mass is 32.1. The summed E-state index contributed by atoms with van der Waals surface area (Å²) in [5, 5.41) is 14.5. The molecule has 1 fully saturated rings. The number of carbonyl (C=O) groups excluding carboxylic acids is 2. The lowest BCUT2D eigenvalue weighted by Gasteiger charge is -2.35. The number of carbonyl (C=O) groups is 2. The molecule has 0 saturated carbocycles. The summed E-state index contributed by atoms with van der Waals surface area (Å²) in [4.78, 5) is 26.3. The molecule has 0 spiro atoms. The van der Waals surface area contributed by atoms with E-state index in [1.807, 2.05) is 12.1 Å². The molecule has 2 amide bonds. The van der Waals surface area contributed by atoms with Crippen LogP contribution in [0.15, 0.2) is 35.7 Å². The van der Waals surface area contributed by atoms with Crippen LogP contribution in [0.5, 0.6) is 0 Å². The second-order valence-corrected chi connectivity index (χ2v) is 7.17. The Labute approximate surface area is 144 Å². The van der Waals surface area contributed by atoms with E-state index in [-0.39, 0.29) is 11.8 Å². The molecule has 3 rings (SSSR count). The van der Waals surface area contributed by atoms with Crippen LogP contribution in [0.2, 0.25) is 0 Å². The van der Waals surface area contributed by atoms with Crippen molar-refractivity contribution < 1.29 is 14.7 Å². The fourth-order valence-corrected chi connectivity index (χ4v) is 3.33. The summed E-state index contributed by atoms with van der Waals surface area (Å²) in [6.45, 7) is 4.90. The van der Waals surface area contributed by atoms with Gasteiger partial charge in [0.1, 0.15) is 5.00 Å². The van der Waals surface area contributed by atoms with Gasteiger partial charge in [-0.1, -0.05) is 26.0 Å². The fourth-order valence-electron chi connectivity index (χ4n) is 2.56. The molecule has 0 radical (unpaired) electrons. The van der Waals surface area contributed by atoms with Gasteiger partial charge >= 0.3 is 0 Å². The quantitative estimate of drug-likeness (QED) is 0.896. The largest absolute Gasteiger partial charge is 0.389 e. The zero-order valence-electron chi connectivity index (χ0n) is 13.7. The Morgan fingerprint density at radius 3 is 2.46 bits per heavy atom. The Kier molecular flexibility index (Phi) is 4.69. The molecule has 0 atom stereocenters. The molecule has 126 valence electrons. The van der Waals surface area contributed by atoms with Crippen molar-refractivity contribution in [1.82, 2.24) is 4.90 Å². The standard InChI is InChI=1S/C18H20N2O3S/c1-11(2)12-3-5-13(6-4-12)16(22)19-17-15(7-8-24-17)18(23)20-9-14(21)10-20/h3-8,11,14,21H,9-10H2,1-2H3,(H,19,22). The van der Waals surface area contributed by atoms with Gasteiger partial charge in [-0.25, -0.2) is 0 Å². The number of amides is 2. The number of benzene rings is 1. The molecule has 1 saturated heterocycles. The lowest BCUT2D eigenvalue weighted by molar-refractivity contribution is 0.00599. The summed E-state index contributed by atoms with van der Waals surface area (Å²) < 4.78 is 0. The number of nitrogens with zero attached hydrogens (tertiary/aromatic N) is 1. The summed E-state index contributed by atoms with van der Waals surface area (Å²) in [5.41, 5.74) is 2.21. The van der Waals surface area contributed by atoms with Crippen molar-refractivity contribution >= 4 is 28.2 Å². The topological polar surface area (TPSA) is 69.6 Å². The molecule has 1 aliphatic heterocycles. The predicted octanol–water partition coefficient (Wildman–Crippen LogP) is 2.94. The summed E-state index contributed by atoms with van der Waals surface area (Å²) in [5.74, 6) is 0.0213. The van der Waals surface area contributed by atoms with Crippen LogP contribution in [-0.2, 0) is 0 Å². The second-order valence-electron chi connectivity index (χ2n) is 6.26. The summed E-state index contributed by atoms with van der Waals surface area (Å²) in [6.07, 6.45) is -0.440. The zero-order chi connectivity index (χ0) is 17.3. The van der Waals surface area contributed by atoms with E-state index in [0.717, 1.165) is 0 Å². The van der Waals surface area contributed by atoms with Crippen LogP contribution >= 0.6 is 11.3 Å². The van der Waals surface area contributed by atoms with Crippen LogP contribution in [0.1, 0.15) is 46.0 Å². The van der Waals surface area contributed by atoms with Gasteiger partial charge in [-0.3, -0.25) is 9.59 Å². The lowest BCUT2D eigenvalue weighted by Crippen LogP contribution is -2.53. The molecule has 6 heteroatoms. The van der Waals surface area contributed by atoms with Crippen LogP contribution in [-0.4, -0.2) is 41.0 Å². The molecular weight excluding hydrogens is 324 g/mol. The van der Waals surface area contributed by atoms with Gasteiger partial charge in [-0.05, 0) is 35.1 Å². The third-order valence-electron chi connectivity index (χ3n) is 4.11. The molecule has 2 N–H and O–H groups in total. The highest BCUT2D eigenvalue weighted by Gasteiger charge is 2.31. The second kappa shape index (κ2) is 6.75. The van der Waals surface area contributed by atoms with Gasteiger partial charge in [0.2, 0.25) is 0 Å². The van der Waals surface area contributed by atoms with Crippen LogP contribution in [0, 0.1) is 0 Å². The number of nitrogens with one attached hydrogen (secondary N) is 1. The molecule has 24 heavy (non-hydrogen) atoms. The fraction of sp³-hybridized carbons (Fsp3) is 0.333. The maximum atomic E-state index is 12.4. The van der Waals surface area contributed by atoms with Crippen molar-refractivity contribution in [3.8, 4) is 0 Å². The highest BCUT2D eigenvalue weighted by molar-refractivity contribution is 7.14. The van der Waals surface area contributed by atoms with Crippen molar-refractivity contribution in [2.45, 2.75) is 25.9 Å². The number of rotatable bonds is 4. The predicted molar refractivity (Wildman–Crippen MR) is 94.7 cm³/mol. The first kappa shape index (κ1) is 16.7. The van der Waals surface area contributed by atoms with E-state index in [9.17, 15) is 14.7 Å². The number of aliphatic hydroxyl groups is 1. The van der Waals surface area contributed by atoms with Crippen LogP contribution in [0.4, 0.5) is 5.00 Å². The average molecular weight is 344 g/mol. The molecule has 0 unspecified atom stereocenters. The van der Waals surface area contributed by atoms with E-state index < -0.39 is 6.10 Å². The third-order valence-corrected chi connectivity index (χ3v) is 4.94. The first-order chi connectivity index (χ1) is 11.5. The number of β-amino-alcohol motifs (C(OH)–C–C–N with tert-alkyl or cyclic N) is 1. The van der Waals surface area contributed by atoms with E-state index in [1.165, 1.54) is 16.9 Å². The summed E-state index contributed by atoms with van der Waals surface area (Å²) in [6, 6.07) is 9.19. The molecule has 1 aliphatic rings. The van der Waals surface area contributed by atoms with E-state index in [0.29, 0.717) is 35.1 Å². The van der Waals surface area contributed by atoms with Crippen molar-refractivity contribution in [1.29, 1.82) is 0 Å². The first-order valence-electron chi connectivity index (χ1n) is 7.92. The normalized spacial score (nSPS) is 14.6. The smallest absolute Gasteiger partial charge is 0.257 e. The van der Waals surface area contributed by atoms with E-state index in [1.54, 1.807) is 28.5 Å². The minimum absolute atomic E-state index is 0.160. The zero-order valence-corrected chi connectivity index (χ0v) is 14.5.